The maximum Gasteiger partial charge on any atom is 0.251 e. The van der Waals surface area contributed by atoms with Gasteiger partial charge in [0.05, 0.1) is 17.1 Å². The number of amides is 1. The van der Waals surface area contributed by atoms with Gasteiger partial charge in [-0.1, -0.05) is 18.2 Å². The van der Waals surface area contributed by atoms with Crippen LogP contribution in [-0.4, -0.2) is 42.0 Å². The molecule has 0 unspecified atom stereocenters. The Kier molecular flexibility index (Phi) is 5.83. The van der Waals surface area contributed by atoms with Crippen molar-refractivity contribution in [1.29, 1.82) is 0 Å². The Morgan fingerprint density at radius 1 is 1.23 bits per heavy atom. The van der Waals surface area contributed by atoms with Crippen molar-refractivity contribution in [3.63, 3.8) is 0 Å². The summed E-state index contributed by atoms with van der Waals surface area (Å²) in [4.78, 5) is 22.8. The van der Waals surface area contributed by atoms with Gasteiger partial charge in [-0.25, -0.2) is 4.98 Å². The molecule has 26 heavy (non-hydrogen) atoms. The van der Waals surface area contributed by atoms with Gasteiger partial charge in [-0.15, -0.1) is 0 Å². The van der Waals surface area contributed by atoms with Crippen molar-refractivity contribution in [2.45, 2.75) is 12.5 Å². The minimum Gasteiger partial charge on any atom is -0.378 e. The van der Waals surface area contributed by atoms with Gasteiger partial charge in [0.1, 0.15) is 5.82 Å². The van der Waals surface area contributed by atoms with Crippen molar-refractivity contribution in [3.05, 3.63) is 59.9 Å². The fourth-order valence-electron chi connectivity index (χ4n) is 2.82. The Hall–Kier alpha value is -2.47. The first-order valence-corrected chi connectivity index (χ1v) is 9.99. The number of hydrogen-bond acceptors (Lipinski definition) is 4. The van der Waals surface area contributed by atoms with Crippen LogP contribution in [0.25, 0.3) is 11.0 Å². The number of imidazole rings is 1. The third-order valence-electron chi connectivity index (χ3n) is 4.28. The molecule has 5 nitrogen and oxygen atoms in total. The Bertz CT molecular complexity index is 857. The van der Waals surface area contributed by atoms with Crippen molar-refractivity contribution in [3.8, 4) is 0 Å². The number of carbonyl (C=O) groups excluding carboxylic acids is 1. The molecule has 1 aromatic heterocycles. The van der Waals surface area contributed by atoms with Crippen molar-refractivity contribution in [2.24, 2.45) is 0 Å². The molecule has 0 aliphatic heterocycles. The summed E-state index contributed by atoms with van der Waals surface area (Å²) >= 11 is 1.76. The summed E-state index contributed by atoms with van der Waals surface area (Å²) in [7, 11) is 3.93. The number of H-pyrrole nitrogens is 1. The van der Waals surface area contributed by atoms with E-state index >= 15 is 0 Å². The minimum atomic E-state index is -0.148. The average molecular weight is 369 g/mol. The number of anilines is 1. The minimum absolute atomic E-state index is 0.0831. The van der Waals surface area contributed by atoms with Gasteiger partial charge < -0.3 is 15.2 Å². The first-order valence-electron chi connectivity index (χ1n) is 8.60. The standard InChI is InChI=1S/C20H24N4OS/c1-24(2)15-8-6-7-14(13-15)20(25)23-18(11-12-26-3)19-21-16-9-4-5-10-17(16)22-19/h4-10,13,18H,11-12H2,1-3H3,(H,21,22)(H,23,25)/t18-/m1/s1. The van der Waals surface area contributed by atoms with E-state index in [9.17, 15) is 4.79 Å². The number of carbonyl (C=O) groups is 1. The lowest BCUT2D eigenvalue weighted by atomic mass is 10.1. The van der Waals surface area contributed by atoms with E-state index in [1.54, 1.807) is 11.8 Å². The Morgan fingerprint density at radius 2 is 2.04 bits per heavy atom. The first-order chi connectivity index (χ1) is 12.6. The second kappa shape index (κ2) is 8.27. The normalized spacial score (nSPS) is 12.1. The lowest BCUT2D eigenvalue weighted by Crippen LogP contribution is -2.30. The van der Waals surface area contributed by atoms with Crippen LogP contribution in [0.5, 0.6) is 0 Å². The first kappa shape index (κ1) is 18.3. The number of hydrogen-bond donors (Lipinski definition) is 2. The molecule has 3 aromatic rings. The molecule has 0 aliphatic rings. The van der Waals surface area contributed by atoms with E-state index in [0.29, 0.717) is 5.56 Å². The molecule has 2 N–H and O–H groups in total. The van der Waals surface area contributed by atoms with Crippen LogP contribution in [0.1, 0.15) is 28.6 Å². The third kappa shape index (κ3) is 4.19. The highest BCUT2D eigenvalue weighted by molar-refractivity contribution is 7.98. The zero-order valence-corrected chi connectivity index (χ0v) is 16.1. The van der Waals surface area contributed by atoms with Crippen LogP contribution in [0, 0.1) is 0 Å². The number of thioether (sulfide) groups is 1. The van der Waals surface area contributed by atoms with Crippen LogP contribution in [0.15, 0.2) is 48.5 Å². The Morgan fingerprint density at radius 3 is 2.77 bits per heavy atom. The van der Waals surface area contributed by atoms with Crippen molar-refractivity contribution in [2.75, 3.05) is 31.0 Å². The molecule has 0 spiro atoms. The lowest BCUT2D eigenvalue weighted by Gasteiger charge is -2.18. The fraction of sp³-hybridized carbons (Fsp3) is 0.300. The highest BCUT2D eigenvalue weighted by Gasteiger charge is 2.19. The summed E-state index contributed by atoms with van der Waals surface area (Å²) in [5.74, 6) is 1.66. The zero-order chi connectivity index (χ0) is 18.5. The van der Waals surface area contributed by atoms with E-state index in [1.165, 1.54) is 0 Å². The van der Waals surface area contributed by atoms with Gasteiger partial charge in [-0.05, 0) is 48.8 Å². The molecule has 1 heterocycles. The van der Waals surface area contributed by atoms with Gasteiger partial charge in [0.15, 0.2) is 0 Å². The van der Waals surface area contributed by atoms with Gasteiger partial charge in [0, 0.05) is 25.3 Å². The van der Waals surface area contributed by atoms with Gasteiger partial charge in [0.25, 0.3) is 5.91 Å². The van der Waals surface area contributed by atoms with Crippen LogP contribution in [-0.2, 0) is 0 Å². The van der Waals surface area contributed by atoms with Crippen LogP contribution < -0.4 is 10.2 Å². The van der Waals surface area contributed by atoms with E-state index in [2.05, 4.69) is 21.5 Å². The molecule has 2 aromatic carbocycles. The Balaban J connectivity index is 1.83. The van der Waals surface area contributed by atoms with Gasteiger partial charge in [-0.3, -0.25) is 4.79 Å². The fourth-order valence-corrected chi connectivity index (χ4v) is 3.29. The molecule has 1 amide bonds. The van der Waals surface area contributed by atoms with Gasteiger partial charge in [-0.2, -0.15) is 11.8 Å². The number of nitrogens with one attached hydrogen (secondary N) is 2. The van der Waals surface area contributed by atoms with Gasteiger partial charge in [0.2, 0.25) is 0 Å². The van der Waals surface area contributed by atoms with Gasteiger partial charge >= 0.3 is 0 Å². The maximum atomic E-state index is 12.8. The molecule has 0 aliphatic carbocycles. The average Bonchev–Trinajstić information content (AvgIpc) is 3.09. The molecule has 0 fully saturated rings. The molecule has 0 saturated heterocycles. The summed E-state index contributed by atoms with van der Waals surface area (Å²) in [5.41, 5.74) is 3.56. The number of rotatable bonds is 7. The number of fused-ring (bicyclic) bond motifs is 1. The summed E-state index contributed by atoms with van der Waals surface area (Å²) in [5, 5.41) is 3.15. The van der Waals surface area contributed by atoms with Crippen LogP contribution >= 0.6 is 11.8 Å². The highest BCUT2D eigenvalue weighted by atomic mass is 32.2. The molecule has 3 rings (SSSR count). The van der Waals surface area contributed by atoms with Crippen LogP contribution in [0.3, 0.4) is 0 Å². The summed E-state index contributed by atoms with van der Waals surface area (Å²) < 4.78 is 0. The van der Waals surface area contributed by atoms with E-state index in [1.807, 2.05) is 67.5 Å². The molecule has 6 heteroatoms. The maximum absolute atomic E-state index is 12.8. The Labute approximate surface area is 158 Å². The molecule has 0 radical (unpaired) electrons. The van der Waals surface area contributed by atoms with E-state index in [-0.39, 0.29) is 11.9 Å². The van der Waals surface area contributed by atoms with E-state index < -0.39 is 0 Å². The largest absolute Gasteiger partial charge is 0.378 e. The predicted octanol–water partition coefficient (Wildman–Crippen LogP) is 3.85. The van der Waals surface area contributed by atoms with Crippen molar-refractivity contribution >= 4 is 34.4 Å². The third-order valence-corrected chi connectivity index (χ3v) is 4.92. The summed E-state index contributed by atoms with van der Waals surface area (Å²) in [6, 6.07) is 15.4. The number of nitrogens with zero attached hydrogens (tertiary/aromatic N) is 2. The molecule has 1 atom stereocenters. The second-order valence-electron chi connectivity index (χ2n) is 6.39. The molecule has 0 bridgehead atoms. The quantitative estimate of drug-likeness (QED) is 0.665. The van der Waals surface area contributed by atoms with E-state index in [4.69, 9.17) is 0 Å². The highest BCUT2D eigenvalue weighted by Crippen LogP contribution is 2.21. The van der Waals surface area contributed by atoms with Crippen LogP contribution in [0.4, 0.5) is 5.69 Å². The summed E-state index contributed by atoms with van der Waals surface area (Å²) in [6.07, 6.45) is 2.89. The zero-order valence-electron chi connectivity index (χ0n) is 15.3. The smallest absolute Gasteiger partial charge is 0.251 e. The van der Waals surface area contributed by atoms with Crippen LogP contribution in [0.2, 0.25) is 0 Å². The number of aromatic amines is 1. The number of benzene rings is 2. The van der Waals surface area contributed by atoms with Crippen molar-refractivity contribution in [1.82, 2.24) is 15.3 Å². The monoisotopic (exact) mass is 368 g/mol. The molecule has 136 valence electrons. The predicted molar refractivity (Wildman–Crippen MR) is 110 cm³/mol. The second-order valence-corrected chi connectivity index (χ2v) is 7.38. The topological polar surface area (TPSA) is 61.0 Å². The molecule has 0 saturated carbocycles. The molecular formula is C20H24N4OS. The number of aromatic nitrogens is 2. The lowest BCUT2D eigenvalue weighted by molar-refractivity contribution is 0.0934. The SMILES string of the molecule is CSCC[C@@H](NC(=O)c1cccc(N(C)C)c1)c1nc2ccccc2[nH]1. The molecular weight excluding hydrogens is 344 g/mol. The van der Waals surface area contributed by atoms with E-state index in [0.717, 1.165) is 34.7 Å². The summed E-state index contributed by atoms with van der Waals surface area (Å²) in [6.45, 7) is 0. The number of para-hydroxylation sites is 2. The van der Waals surface area contributed by atoms with Crippen molar-refractivity contribution < 1.29 is 4.79 Å².